The summed E-state index contributed by atoms with van der Waals surface area (Å²) in [5, 5.41) is 0. The summed E-state index contributed by atoms with van der Waals surface area (Å²) in [5.74, 6) is 0.455. The number of carbonyl (C=O) groups excluding carboxylic acids is 1. The van der Waals surface area contributed by atoms with E-state index in [1.807, 2.05) is 6.92 Å². The van der Waals surface area contributed by atoms with Gasteiger partial charge in [0, 0.05) is 16.9 Å². The zero-order chi connectivity index (χ0) is 12.9. The molecule has 1 rings (SSSR count). The second-order valence-electron chi connectivity index (χ2n) is 3.50. The fraction of sp³-hybridized carbons (Fsp3) is 0.417. The van der Waals surface area contributed by atoms with Gasteiger partial charge in [-0.15, -0.1) is 11.8 Å². The van der Waals surface area contributed by atoms with Crippen LogP contribution in [0.25, 0.3) is 0 Å². The molecular weight excluding hydrogens is 249 g/mol. The van der Waals surface area contributed by atoms with Gasteiger partial charge in [0.15, 0.2) is 5.78 Å². The molecule has 0 aromatic heterocycles. The van der Waals surface area contributed by atoms with Crippen LogP contribution in [0.4, 0.5) is 13.2 Å². The number of Topliss-reactive ketones (excluding diaryl/α,β-unsaturated/α-hetero) is 1. The minimum absolute atomic E-state index is 0.342. The van der Waals surface area contributed by atoms with Gasteiger partial charge in [-0.25, -0.2) is 0 Å². The molecule has 0 N–H and O–H groups in total. The molecule has 1 nitrogen and oxygen atoms in total. The van der Waals surface area contributed by atoms with Crippen molar-refractivity contribution in [2.75, 3.05) is 5.75 Å². The molecule has 0 atom stereocenters. The predicted molar refractivity (Wildman–Crippen MR) is 62.5 cm³/mol. The third kappa shape index (κ3) is 5.26. The first kappa shape index (κ1) is 14.1. The lowest BCUT2D eigenvalue weighted by molar-refractivity contribution is -0.133. The first-order valence-corrected chi connectivity index (χ1v) is 6.24. The molecule has 0 spiro atoms. The fourth-order valence-corrected chi connectivity index (χ4v) is 1.97. The molecule has 0 aliphatic rings. The normalized spacial score (nSPS) is 11.5. The van der Waals surface area contributed by atoms with E-state index in [1.54, 1.807) is 36.0 Å². The van der Waals surface area contributed by atoms with E-state index in [0.29, 0.717) is 5.56 Å². The Morgan fingerprint density at radius 2 is 1.82 bits per heavy atom. The van der Waals surface area contributed by atoms with Crippen molar-refractivity contribution in [3.8, 4) is 0 Å². The van der Waals surface area contributed by atoms with Crippen molar-refractivity contribution >= 4 is 17.5 Å². The summed E-state index contributed by atoms with van der Waals surface area (Å²) in [6, 6.07) is 6.68. The summed E-state index contributed by atoms with van der Waals surface area (Å²) in [4.78, 5) is 12.5. The SMILES string of the molecule is CCSc1ccc(C(=O)CCC(F)(F)F)cc1. The van der Waals surface area contributed by atoms with Gasteiger partial charge in [-0.2, -0.15) is 13.2 Å². The van der Waals surface area contributed by atoms with Crippen LogP contribution >= 0.6 is 11.8 Å². The summed E-state index contributed by atoms with van der Waals surface area (Å²) in [5.41, 5.74) is 0.342. The Kier molecular flexibility index (Phi) is 5.05. The number of hydrogen-bond donors (Lipinski definition) is 0. The second kappa shape index (κ2) is 6.10. The van der Waals surface area contributed by atoms with Crippen LogP contribution in [-0.4, -0.2) is 17.7 Å². The van der Waals surface area contributed by atoms with E-state index in [0.717, 1.165) is 10.6 Å². The standard InChI is InChI=1S/C12H13F3OS/c1-2-17-10-5-3-9(4-6-10)11(16)7-8-12(13,14)15/h3-6H,2,7-8H2,1H3. The van der Waals surface area contributed by atoms with Gasteiger partial charge in [-0.1, -0.05) is 19.1 Å². The first-order valence-electron chi connectivity index (χ1n) is 5.25. The largest absolute Gasteiger partial charge is 0.389 e. The maximum atomic E-state index is 11.9. The van der Waals surface area contributed by atoms with Gasteiger partial charge in [0.2, 0.25) is 0 Å². The molecule has 0 fully saturated rings. The Morgan fingerprint density at radius 1 is 1.24 bits per heavy atom. The molecule has 0 unspecified atom stereocenters. The Labute approximate surface area is 102 Å². The average molecular weight is 262 g/mol. The van der Waals surface area contributed by atoms with Gasteiger partial charge in [0.25, 0.3) is 0 Å². The number of halogens is 3. The highest BCUT2D eigenvalue weighted by Gasteiger charge is 2.28. The van der Waals surface area contributed by atoms with Crippen molar-refractivity contribution in [2.45, 2.75) is 30.8 Å². The third-order valence-corrected chi connectivity index (χ3v) is 3.02. The summed E-state index contributed by atoms with van der Waals surface area (Å²) in [6.45, 7) is 2.01. The zero-order valence-corrected chi connectivity index (χ0v) is 10.2. The molecular formula is C12H13F3OS. The van der Waals surface area contributed by atoms with Crippen molar-refractivity contribution in [3.05, 3.63) is 29.8 Å². The highest BCUT2D eigenvalue weighted by atomic mass is 32.2. The highest BCUT2D eigenvalue weighted by molar-refractivity contribution is 7.99. The van der Waals surface area contributed by atoms with Crippen LogP contribution in [0.2, 0.25) is 0 Å². The van der Waals surface area contributed by atoms with E-state index < -0.39 is 24.8 Å². The van der Waals surface area contributed by atoms with Crippen LogP contribution in [0.1, 0.15) is 30.1 Å². The lowest BCUT2D eigenvalue weighted by Crippen LogP contribution is -2.10. The van der Waals surface area contributed by atoms with Gasteiger partial charge < -0.3 is 0 Å². The molecule has 1 aromatic carbocycles. The molecule has 94 valence electrons. The monoisotopic (exact) mass is 262 g/mol. The van der Waals surface area contributed by atoms with Gasteiger partial charge in [0.1, 0.15) is 0 Å². The maximum Gasteiger partial charge on any atom is 0.389 e. The quantitative estimate of drug-likeness (QED) is 0.580. The van der Waals surface area contributed by atoms with Gasteiger partial charge >= 0.3 is 6.18 Å². The van der Waals surface area contributed by atoms with Crippen LogP contribution in [0.5, 0.6) is 0 Å². The lowest BCUT2D eigenvalue weighted by atomic mass is 10.1. The smallest absolute Gasteiger partial charge is 0.294 e. The van der Waals surface area contributed by atoms with Crippen molar-refractivity contribution in [1.29, 1.82) is 0 Å². The van der Waals surface area contributed by atoms with Crippen LogP contribution in [0, 0.1) is 0 Å². The van der Waals surface area contributed by atoms with Crippen LogP contribution in [0.15, 0.2) is 29.2 Å². The molecule has 0 radical (unpaired) electrons. The van der Waals surface area contributed by atoms with Gasteiger partial charge in [-0.3, -0.25) is 4.79 Å². The highest BCUT2D eigenvalue weighted by Crippen LogP contribution is 2.23. The Balaban J connectivity index is 2.57. The minimum atomic E-state index is -4.27. The molecule has 0 heterocycles. The number of thioether (sulfide) groups is 1. The molecule has 17 heavy (non-hydrogen) atoms. The molecule has 0 bridgehead atoms. The number of alkyl halides is 3. The van der Waals surface area contributed by atoms with E-state index in [1.165, 1.54) is 0 Å². The number of ketones is 1. The number of hydrogen-bond acceptors (Lipinski definition) is 2. The van der Waals surface area contributed by atoms with Crippen molar-refractivity contribution in [1.82, 2.24) is 0 Å². The van der Waals surface area contributed by atoms with E-state index in [4.69, 9.17) is 0 Å². The molecule has 5 heteroatoms. The van der Waals surface area contributed by atoms with Crippen molar-refractivity contribution in [3.63, 3.8) is 0 Å². The van der Waals surface area contributed by atoms with Gasteiger partial charge in [-0.05, 0) is 17.9 Å². The summed E-state index contributed by atoms with van der Waals surface area (Å²) in [6.07, 6.45) is -5.81. The molecule has 0 aliphatic carbocycles. The van der Waals surface area contributed by atoms with Crippen LogP contribution < -0.4 is 0 Å². The van der Waals surface area contributed by atoms with Crippen LogP contribution in [-0.2, 0) is 0 Å². The molecule has 0 saturated carbocycles. The summed E-state index contributed by atoms with van der Waals surface area (Å²) >= 11 is 1.62. The zero-order valence-electron chi connectivity index (χ0n) is 9.38. The summed E-state index contributed by atoms with van der Waals surface area (Å²) in [7, 11) is 0. The molecule has 0 saturated heterocycles. The van der Waals surface area contributed by atoms with E-state index in [2.05, 4.69) is 0 Å². The first-order chi connectivity index (χ1) is 7.92. The Hall–Kier alpha value is -0.970. The third-order valence-electron chi connectivity index (χ3n) is 2.12. The number of carbonyl (C=O) groups is 1. The van der Waals surface area contributed by atoms with E-state index >= 15 is 0 Å². The average Bonchev–Trinajstić information content (AvgIpc) is 2.26. The Morgan fingerprint density at radius 3 is 2.29 bits per heavy atom. The lowest BCUT2D eigenvalue weighted by Gasteiger charge is -2.05. The maximum absolute atomic E-state index is 11.9. The minimum Gasteiger partial charge on any atom is -0.294 e. The fourth-order valence-electron chi connectivity index (χ4n) is 1.30. The Bertz CT molecular complexity index is 370. The predicted octanol–water partition coefficient (Wildman–Crippen LogP) is 4.32. The molecule has 0 aliphatic heterocycles. The van der Waals surface area contributed by atoms with Crippen LogP contribution in [0.3, 0.4) is 0 Å². The number of rotatable bonds is 5. The van der Waals surface area contributed by atoms with Crippen molar-refractivity contribution < 1.29 is 18.0 Å². The second-order valence-corrected chi connectivity index (χ2v) is 4.83. The molecule has 1 aromatic rings. The topological polar surface area (TPSA) is 17.1 Å². The van der Waals surface area contributed by atoms with Crippen molar-refractivity contribution in [2.24, 2.45) is 0 Å². The van der Waals surface area contributed by atoms with Gasteiger partial charge in [0.05, 0.1) is 6.42 Å². The number of benzene rings is 1. The van der Waals surface area contributed by atoms with E-state index in [9.17, 15) is 18.0 Å². The summed E-state index contributed by atoms with van der Waals surface area (Å²) < 4.78 is 35.8. The van der Waals surface area contributed by atoms with E-state index in [-0.39, 0.29) is 0 Å². The molecule has 0 amide bonds.